The molecule has 1 saturated carbocycles. The van der Waals surface area contributed by atoms with Gasteiger partial charge in [0.2, 0.25) is 0 Å². The van der Waals surface area contributed by atoms with Crippen molar-refractivity contribution >= 4 is 11.5 Å². The zero-order chi connectivity index (χ0) is 11.0. The number of rotatable bonds is 4. The van der Waals surface area contributed by atoms with Crippen molar-refractivity contribution < 1.29 is 4.52 Å². The third-order valence-corrected chi connectivity index (χ3v) is 3.26. The lowest BCUT2D eigenvalue weighted by molar-refractivity contribution is 0.419. The van der Waals surface area contributed by atoms with Gasteiger partial charge in [0.15, 0.2) is 5.82 Å². The van der Waals surface area contributed by atoms with Crippen LogP contribution >= 0.6 is 11.5 Å². The van der Waals surface area contributed by atoms with Crippen molar-refractivity contribution in [1.82, 2.24) is 25.0 Å². The second-order valence-corrected chi connectivity index (χ2v) is 4.61. The van der Waals surface area contributed by atoms with Gasteiger partial charge in [-0.15, -0.1) is 5.10 Å². The van der Waals surface area contributed by atoms with E-state index < -0.39 is 0 Å². The SMILES string of the molecule is Cc1nnsc1-c1nc(CNC2CC2)no1. The maximum Gasteiger partial charge on any atom is 0.271 e. The minimum Gasteiger partial charge on any atom is -0.333 e. The lowest BCUT2D eigenvalue weighted by atomic mass is 10.4. The second-order valence-electron chi connectivity index (χ2n) is 3.86. The van der Waals surface area contributed by atoms with Crippen LogP contribution in [0.25, 0.3) is 10.8 Å². The third-order valence-electron chi connectivity index (χ3n) is 2.44. The summed E-state index contributed by atoms with van der Waals surface area (Å²) in [6, 6.07) is 0.647. The summed E-state index contributed by atoms with van der Waals surface area (Å²) in [5, 5.41) is 11.2. The highest BCUT2D eigenvalue weighted by atomic mass is 32.1. The van der Waals surface area contributed by atoms with Gasteiger partial charge in [-0.3, -0.25) is 0 Å². The molecule has 1 aliphatic carbocycles. The average Bonchev–Trinajstić information content (AvgIpc) is 2.82. The highest BCUT2D eigenvalue weighted by molar-refractivity contribution is 7.09. The quantitative estimate of drug-likeness (QED) is 0.859. The second kappa shape index (κ2) is 3.91. The van der Waals surface area contributed by atoms with Gasteiger partial charge in [-0.1, -0.05) is 9.64 Å². The largest absolute Gasteiger partial charge is 0.333 e. The van der Waals surface area contributed by atoms with Crippen LogP contribution in [-0.2, 0) is 6.54 Å². The Morgan fingerprint density at radius 2 is 2.38 bits per heavy atom. The van der Waals surface area contributed by atoms with Gasteiger partial charge in [0.25, 0.3) is 5.89 Å². The van der Waals surface area contributed by atoms with Crippen molar-refractivity contribution in [3.05, 3.63) is 11.5 Å². The number of hydrogen-bond acceptors (Lipinski definition) is 7. The van der Waals surface area contributed by atoms with Gasteiger partial charge in [-0.25, -0.2) is 0 Å². The number of nitrogens with zero attached hydrogens (tertiary/aromatic N) is 4. The third kappa shape index (κ3) is 1.96. The lowest BCUT2D eigenvalue weighted by Crippen LogP contribution is -2.16. The highest BCUT2D eigenvalue weighted by Gasteiger charge is 2.21. The zero-order valence-corrected chi connectivity index (χ0v) is 9.62. The van der Waals surface area contributed by atoms with E-state index in [1.54, 1.807) is 0 Å². The highest BCUT2D eigenvalue weighted by Crippen LogP contribution is 2.24. The Hall–Kier alpha value is -1.34. The fraction of sp³-hybridized carbons (Fsp3) is 0.556. The van der Waals surface area contributed by atoms with Crippen molar-refractivity contribution in [3.8, 4) is 10.8 Å². The predicted molar refractivity (Wildman–Crippen MR) is 57.8 cm³/mol. The molecule has 3 rings (SSSR count). The molecule has 0 unspecified atom stereocenters. The Kier molecular flexibility index (Phi) is 2.41. The molecule has 84 valence electrons. The monoisotopic (exact) mass is 237 g/mol. The van der Waals surface area contributed by atoms with Gasteiger partial charge in [-0.2, -0.15) is 4.98 Å². The molecule has 16 heavy (non-hydrogen) atoms. The van der Waals surface area contributed by atoms with Gasteiger partial charge in [-0.05, 0) is 31.3 Å². The van der Waals surface area contributed by atoms with Crippen LogP contribution in [0, 0.1) is 6.92 Å². The summed E-state index contributed by atoms with van der Waals surface area (Å²) in [7, 11) is 0. The van der Waals surface area contributed by atoms with E-state index in [1.165, 1.54) is 24.4 Å². The average molecular weight is 237 g/mol. The molecule has 0 amide bonds. The first-order valence-electron chi connectivity index (χ1n) is 5.18. The molecule has 0 radical (unpaired) electrons. The number of aromatic nitrogens is 4. The standard InChI is InChI=1S/C9H11N5OS/c1-5-8(16-14-12-5)9-11-7(13-15-9)4-10-6-2-3-6/h6,10H,2-4H2,1H3. The molecule has 0 atom stereocenters. The summed E-state index contributed by atoms with van der Waals surface area (Å²) in [6.45, 7) is 2.55. The number of nitrogens with one attached hydrogen (secondary N) is 1. The normalized spacial score (nSPS) is 15.6. The van der Waals surface area contributed by atoms with E-state index >= 15 is 0 Å². The van der Waals surface area contributed by atoms with Crippen LogP contribution in [-0.4, -0.2) is 25.8 Å². The fourth-order valence-electron chi connectivity index (χ4n) is 1.37. The summed E-state index contributed by atoms with van der Waals surface area (Å²) in [5.74, 6) is 1.20. The van der Waals surface area contributed by atoms with E-state index in [-0.39, 0.29) is 0 Å². The smallest absolute Gasteiger partial charge is 0.271 e. The molecule has 0 spiro atoms. The van der Waals surface area contributed by atoms with Crippen molar-refractivity contribution in [2.24, 2.45) is 0 Å². The van der Waals surface area contributed by atoms with Crippen molar-refractivity contribution in [3.63, 3.8) is 0 Å². The molecule has 1 N–H and O–H groups in total. The van der Waals surface area contributed by atoms with E-state index in [1.807, 2.05) is 6.92 Å². The van der Waals surface area contributed by atoms with E-state index in [9.17, 15) is 0 Å². The van der Waals surface area contributed by atoms with Crippen LogP contribution in [0.1, 0.15) is 24.4 Å². The molecule has 0 aromatic carbocycles. The molecule has 6 nitrogen and oxygen atoms in total. The molecule has 0 bridgehead atoms. The molecular weight excluding hydrogens is 226 g/mol. The summed E-state index contributed by atoms with van der Waals surface area (Å²) in [4.78, 5) is 5.16. The van der Waals surface area contributed by atoms with Crippen LogP contribution in [0.2, 0.25) is 0 Å². The molecule has 0 aliphatic heterocycles. The first-order valence-corrected chi connectivity index (χ1v) is 5.95. The summed E-state index contributed by atoms with van der Waals surface area (Å²) >= 11 is 1.27. The zero-order valence-electron chi connectivity index (χ0n) is 8.80. The molecule has 2 aromatic heterocycles. The van der Waals surface area contributed by atoms with Crippen molar-refractivity contribution in [2.45, 2.75) is 32.4 Å². The van der Waals surface area contributed by atoms with Crippen molar-refractivity contribution in [1.29, 1.82) is 0 Å². The van der Waals surface area contributed by atoms with Crippen LogP contribution < -0.4 is 5.32 Å². The van der Waals surface area contributed by atoms with Gasteiger partial charge in [0.1, 0.15) is 4.88 Å². The summed E-state index contributed by atoms with van der Waals surface area (Å²) in [5.41, 5.74) is 0.829. The fourth-order valence-corrected chi connectivity index (χ4v) is 1.95. The number of hydrogen-bond donors (Lipinski definition) is 1. The van der Waals surface area contributed by atoms with E-state index in [4.69, 9.17) is 4.52 Å². The van der Waals surface area contributed by atoms with E-state index in [0.29, 0.717) is 24.3 Å². The Labute approximate surface area is 96.2 Å². The van der Waals surface area contributed by atoms with E-state index in [2.05, 4.69) is 25.0 Å². The Balaban J connectivity index is 1.74. The van der Waals surface area contributed by atoms with E-state index in [0.717, 1.165) is 10.6 Å². The van der Waals surface area contributed by atoms with Crippen LogP contribution in [0.5, 0.6) is 0 Å². The summed E-state index contributed by atoms with van der Waals surface area (Å²) in [6.07, 6.45) is 2.51. The van der Waals surface area contributed by atoms with Crippen LogP contribution in [0.15, 0.2) is 4.52 Å². The summed E-state index contributed by atoms with van der Waals surface area (Å²) < 4.78 is 9.01. The molecule has 1 aliphatic rings. The van der Waals surface area contributed by atoms with Gasteiger partial charge in [0, 0.05) is 6.04 Å². The topological polar surface area (TPSA) is 76.7 Å². The molecule has 1 fully saturated rings. The van der Waals surface area contributed by atoms with Gasteiger partial charge in [0.05, 0.1) is 12.2 Å². The Morgan fingerprint density at radius 1 is 1.50 bits per heavy atom. The Bertz CT molecular complexity index is 490. The minimum atomic E-state index is 0.514. The minimum absolute atomic E-state index is 0.514. The van der Waals surface area contributed by atoms with Crippen LogP contribution in [0.4, 0.5) is 0 Å². The van der Waals surface area contributed by atoms with Crippen LogP contribution in [0.3, 0.4) is 0 Å². The molecular formula is C9H11N5OS. The van der Waals surface area contributed by atoms with Gasteiger partial charge >= 0.3 is 0 Å². The molecule has 2 aromatic rings. The maximum atomic E-state index is 5.17. The maximum absolute atomic E-state index is 5.17. The predicted octanol–water partition coefficient (Wildman–Crippen LogP) is 1.15. The number of aryl methyl sites for hydroxylation is 1. The first kappa shape index (κ1) is 9.86. The molecule has 0 saturated heterocycles. The Morgan fingerprint density at radius 3 is 3.06 bits per heavy atom. The van der Waals surface area contributed by atoms with Crippen molar-refractivity contribution in [2.75, 3.05) is 0 Å². The lowest BCUT2D eigenvalue weighted by Gasteiger charge is -1.94. The molecule has 2 heterocycles. The van der Waals surface area contributed by atoms with Gasteiger partial charge < -0.3 is 9.84 Å². The first-order chi connectivity index (χ1) is 7.83. The molecule has 7 heteroatoms.